The Labute approximate surface area is 117 Å². The molecule has 100 valence electrons. The number of hydrogen-bond donors (Lipinski definition) is 1. The quantitative estimate of drug-likeness (QED) is 0.934. The van der Waals surface area contributed by atoms with Crippen LogP contribution in [-0.2, 0) is 7.05 Å². The molecule has 2 N–H and O–H groups in total. The molecule has 4 nitrogen and oxygen atoms in total. The number of halogens is 1. The van der Waals surface area contributed by atoms with E-state index in [1.165, 1.54) is 12.8 Å². The number of anilines is 1. The molecule has 3 rings (SSSR count). The van der Waals surface area contributed by atoms with Gasteiger partial charge in [-0.3, -0.25) is 4.68 Å². The second-order valence-corrected chi connectivity index (χ2v) is 5.37. The highest BCUT2D eigenvalue weighted by atomic mass is 35.5. The predicted octanol–water partition coefficient (Wildman–Crippen LogP) is 3.11. The fraction of sp³-hybridized carbons (Fsp3) is 0.357. The Kier molecular flexibility index (Phi) is 3.11. The van der Waals surface area contributed by atoms with E-state index in [4.69, 9.17) is 22.1 Å². The van der Waals surface area contributed by atoms with Gasteiger partial charge in [0.25, 0.3) is 0 Å². The standard InChI is InChI=1S/C14H16ClN3O/c1-18-14(16)11(7-17-18)10-4-5-12(15)13(6-10)19-8-9-2-3-9/h4-7,9H,2-3,8,16H2,1H3. The summed E-state index contributed by atoms with van der Waals surface area (Å²) in [5.41, 5.74) is 7.85. The van der Waals surface area contributed by atoms with E-state index in [0.29, 0.717) is 22.5 Å². The van der Waals surface area contributed by atoms with E-state index in [-0.39, 0.29) is 0 Å². The Morgan fingerprint density at radius 1 is 1.47 bits per heavy atom. The van der Waals surface area contributed by atoms with Crippen molar-refractivity contribution < 1.29 is 4.74 Å². The topological polar surface area (TPSA) is 53.1 Å². The van der Waals surface area contributed by atoms with Crippen molar-refractivity contribution in [2.45, 2.75) is 12.8 Å². The molecule has 1 aliphatic carbocycles. The summed E-state index contributed by atoms with van der Waals surface area (Å²) in [5.74, 6) is 2.05. The Morgan fingerprint density at radius 2 is 2.26 bits per heavy atom. The molecule has 0 unspecified atom stereocenters. The van der Waals surface area contributed by atoms with E-state index in [9.17, 15) is 0 Å². The zero-order chi connectivity index (χ0) is 13.4. The van der Waals surface area contributed by atoms with Crippen molar-refractivity contribution in [2.24, 2.45) is 13.0 Å². The lowest BCUT2D eigenvalue weighted by Gasteiger charge is -2.09. The van der Waals surface area contributed by atoms with E-state index in [1.54, 1.807) is 10.9 Å². The largest absolute Gasteiger partial charge is 0.492 e. The minimum absolute atomic E-state index is 0.631. The molecule has 5 heteroatoms. The first-order chi connectivity index (χ1) is 9.15. The van der Waals surface area contributed by atoms with Crippen LogP contribution in [-0.4, -0.2) is 16.4 Å². The summed E-state index contributed by atoms with van der Waals surface area (Å²) in [5, 5.41) is 4.78. The molecule has 0 spiro atoms. The van der Waals surface area contributed by atoms with Crippen LogP contribution in [0.4, 0.5) is 5.82 Å². The molecule has 1 aromatic heterocycles. The maximum atomic E-state index is 6.16. The monoisotopic (exact) mass is 277 g/mol. The molecule has 0 amide bonds. The van der Waals surface area contributed by atoms with E-state index >= 15 is 0 Å². The van der Waals surface area contributed by atoms with Crippen molar-refractivity contribution in [3.8, 4) is 16.9 Å². The molecule has 0 saturated heterocycles. The molecule has 1 aliphatic rings. The fourth-order valence-electron chi connectivity index (χ4n) is 1.94. The first-order valence-corrected chi connectivity index (χ1v) is 6.73. The molecule has 1 aromatic carbocycles. The molecule has 2 aromatic rings. The van der Waals surface area contributed by atoms with Gasteiger partial charge in [0, 0.05) is 12.6 Å². The van der Waals surface area contributed by atoms with Gasteiger partial charge in [-0.1, -0.05) is 17.7 Å². The van der Waals surface area contributed by atoms with Crippen LogP contribution in [0.5, 0.6) is 5.75 Å². The second-order valence-electron chi connectivity index (χ2n) is 4.97. The molecular formula is C14H16ClN3O. The van der Waals surface area contributed by atoms with Gasteiger partial charge in [-0.25, -0.2) is 0 Å². The molecule has 0 radical (unpaired) electrons. The number of aromatic nitrogens is 2. The van der Waals surface area contributed by atoms with Gasteiger partial charge >= 0.3 is 0 Å². The van der Waals surface area contributed by atoms with E-state index < -0.39 is 0 Å². The Hall–Kier alpha value is -1.68. The maximum Gasteiger partial charge on any atom is 0.138 e. The number of rotatable bonds is 4. The lowest BCUT2D eigenvalue weighted by atomic mass is 10.1. The molecule has 1 saturated carbocycles. The Morgan fingerprint density at radius 3 is 2.89 bits per heavy atom. The summed E-state index contributed by atoms with van der Waals surface area (Å²) in [6.45, 7) is 0.742. The molecule has 0 atom stereocenters. The van der Waals surface area contributed by atoms with Gasteiger partial charge in [0.05, 0.1) is 17.8 Å². The summed E-state index contributed by atoms with van der Waals surface area (Å²) in [6, 6.07) is 5.70. The zero-order valence-electron chi connectivity index (χ0n) is 10.8. The number of nitrogens with two attached hydrogens (primary N) is 1. The summed E-state index contributed by atoms with van der Waals surface area (Å²) < 4.78 is 7.42. The number of hydrogen-bond acceptors (Lipinski definition) is 3. The summed E-state index contributed by atoms with van der Waals surface area (Å²) in [7, 11) is 1.82. The van der Waals surface area contributed by atoms with E-state index in [1.807, 2.05) is 25.2 Å². The van der Waals surface area contributed by atoms with Gasteiger partial charge in [-0.05, 0) is 36.5 Å². The smallest absolute Gasteiger partial charge is 0.138 e. The van der Waals surface area contributed by atoms with Crippen LogP contribution in [0.15, 0.2) is 24.4 Å². The van der Waals surface area contributed by atoms with Crippen LogP contribution in [0.2, 0.25) is 5.02 Å². The first-order valence-electron chi connectivity index (χ1n) is 6.35. The number of ether oxygens (including phenoxy) is 1. The SMILES string of the molecule is Cn1ncc(-c2ccc(Cl)c(OCC3CC3)c2)c1N. The van der Waals surface area contributed by atoms with Crippen LogP contribution in [0.3, 0.4) is 0 Å². The van der Waals surface area contributed by atoms with E-state index in [2.05, 4.69) is 5.10 Å². The van der Waals surface area contributed by atoms with Crippen molar-refractivity contribution in [3.05, 3.63) is 29.4 Å². The lowest BCUT2D eigenvalue weighted by Crippen LogP contribution is -2.00. The van der Waals surface area contributed by atoms with Gasteiger partial charge in [0.2, 0.25) is 0 Å². The van der Waals surface area contributed by atoms with E-state index in [0.717, 1.165) is 17.7 Å². The summed E-state index contributed by atoms with van der Waals surface area (Å²) in [4.78, 5) is 0. The van der Waals surface area contributed by atoms with Crippen molar-refractivity contribution in [1.29, 1.82) is 0 Å². The molecule has 0 aliphatic heterocycles. The van der Waals surface area contributed by atoms with Gasteiger partial charge in [0.15, 0.2) is 0 Å². The molecule has 0 bridgehead atoms. The van der Waals surface area contributed by atoms with Crippen LogP contribution in [0.25, 0.3) is 11.1 Å². The predicted molar refractivity (Wildman–Crippen MR) is 76.3 cm³/mol. The third kappa shape index (κ3) is 2.54. The minimum atomic E-state index is 0.631. The van der Waals surface area contributed by atoms with Crippen molar-refractivity contribution >= 4 is 17.4 Å². The third-order valence-electron chi connectivity index (χ3n) is 3.40. The highest BCUT2D eigenvalue weighted by molar-refractivity contribution is 6.32. The van der Waals surface area contributed by atoms with Crippen LogP contribution in [0.1, 0.15) is 12.8 Å². The lowest BCUT2D eigenvalue weighted by molar-refractivity contribution is 0.300. The molecule has 1 heterocycles. The van der Waals surface area contributed by atoms with Crippen LogP contribution < -0.4 is 10.5 Å². The average molecular weight is 278 g/mol. The van der Waals surface area contributed by atoms with Gasteiger partial charge in [-0.15, -0.1) is 0 Å². The van der Waals surface area contributed by atoms with Crippen molar-refractivity contribution in [2.75, 3.05) is 12.3 Å². The highest BCUT2D eigenvalue weighted by Crippen LogP contribution is 2.35. The van der Waals surface area contributed by atoms with Gasteiger partial charge in [0.1, 0.15) is 11.6 Å². The number of nitrogen functional groups attached to an aromatic ring is 1. The summed E-state index contributed by atoms with van der Waals surface area (Å²) >= 11 is 6.16. The van der Waals surface area contributed by atoms with Crippen molar-refractivity contribution in [1.82, 2.24) is 9.78 Å². The van der Waals surface area contributed by atoms with Gasteiger partial charge < -0.3 is 10.5 Å². The average Bonchev–Trinajstić information content (AvgIpc) is 3.17. The van der Waals surface area contributed by atoms with Gasteiger partial charge in [-0.2, -0.15) is 5.10 Å². The maximum absolute atomic E-state index is 6.16. The van der Waals surface area contributed by atoms with Crippen LogP contribution in [0, 0.1) is 5.92 Å². The fourth-order valence-corrected chi connectivity index (χ4v) is 2.12. The normalized spacial score (nSPS) is 14.6. The first kappa shape index (κ1) is 12.4. The Balaban J connectivity index is 1.89. The number of nitrogens with zero attached hydrogens (tertiary/aromatic N) is 2. The molecular weight excluding hydrogens is 262 g/mol. The summed E-state index contributed by atoms with van der Waals surface area (Å²) in [6.07, 6.45) is 4.27. The Bertz CT molecular complexity index is 605. The number of aryl methyl sites for hydroxylation is 1. The third-order valence-corrected chi connectivity index (χ3v) is 3.71. The second kappa shape index (κ2) is 4.78. The molecule has 1 fully saturated rings. The highest BCUT2D eigenvalue weighted by Gasteiger charge is 2.22. The minimum Gasteiger partial charge on any atom is -0.492 e. The number of benzene rings is 1. The van der Waals surface area contributed by atoms with Crippen molar-refractivity contribution in [3.63, 3.8) is 0 Å². The van der Waals surface area contributed by atoms with Crippen LogP contribution >= 0.6 is 11.6 Å². The molecule has 19 heavy (non-hydrogen) atoms. The zero-order valence-corrected chi connectivity index (χ0v) is 11.5.